The molecule has 0 unspecified atom stereocenters. The molecule has 1 aliphatic heterocycles. The minimum atomic E-state index is -0.798. The van der Waals surface area contributed by atoms with Crippen LogP contribution in [0.25, 0.3) is 0 Å². The van der Waals surface area contributed by atoms with Crippen LogP contribution in [-0.4, -0.2) is 44.4 Å². The number of carbonyl (C=O) groups is 1. The summed E-state index contributed by atoms with van der Waals surface area (Å²) in [4.78, 5) is 25.0. The van der Waals surface area contributed by atoms with E-state index >= 15 is 0 Å². The van der Waals surface area contributed by atoms with Crippen molar-refractivity contribution in [3.63, 3.8) is 0 Å². The second-order valence-electron chi connectivity index (χ2n) is 4.94. The zero-order valence-corrected chi connectivity index (χ0v) is 10.6. The number of β-amino-alcohol motifs (C(OH)–C–C–N with tert-alkyl or cyclic N) is 1. The summed E-state index contributed by atoms with van der Waals surface area (Å²) in [5.74, 6) is -0.244. The molecule has 0 atom stereocenters. The van der Waals surface area contributed by atoms with Gasteiger partial charge in [-0.3, -0.25) is 9.59 Å². The number of hydrogen-bond donors (Lipinski definition) is 1. The molecule has 1 aliphatic rings. The maximum atomic E-state index is 12.0. The van der Waals surface area contributed by atoms with Crippen molar-refractivity contribution in [1.82, 2.24) is 14.7 Å². The van der Waals surface area contributed by atoms with E-state index < -0.39 is 5.60 Å². The van der Waals surface area contributed by atoms with E-state index in [2.05, 4.69) is 5.10 Å². The molecular formula is C12H17N3O3. The Hall–Kier alpha value is -1.69. The Morgan fingerprint density at radius 2 is 2.17 bits per heavy atom. The molecular weight excluding hydrogens is 234 g/mol. The predicted octanol–water partition coefficient (Wildman–Crippen LogP) is -0.140. The van der Waals surface area contributed by atoms with Gasteiger partial charge in [-0.1, -0.05) is 6.92 Å². The molecule has 0 bridgehead atoms. The molecule has 18 heavy (non-hydrogen) atoms. The van der Waals surface area contributed by atoms with Gasteiger partial charge in [-0.05, 0) is 19.4 Å². The number of likely N-dealkylation sites (tertiary alicyclic amines) is 1. The molecule has 2 heterocycles. The first-order valence-corrected chi connectivity index (χ1v) is 6.03. The Balaban J connectivity index is 2.16. The predicted molar refractivity (Wildman–Crippen MR) is 65.3 cm³/mol. The van der Waals surface area contributed by atoms with E-state index in [9.17, 15) is 14.7 Å². The van der Waals surface area contributed by atoms with Gasteiger partial charge in [-0.2, -0.15) is 5.10 Å². The van der Waals surface area contributed by atoms with E-state index in [4.69, 9.17) is 0 Å². The molecule has 0 aromatic carbocycles. The quantitative estimate of drug-likeness (QED) is 0.811. The lowest BCUT2D eigenvalue weighted by Gasteiger charge is -2.43. The molecule has 0 radical (unpaired) electrons. The molecule has 98 valence electrons. The molecule has 1 N–H and O–H groups in total. The molecule has 1 fully saturated rings. The van der Waals surface area contributed by atoms with Gasteiger partial charge in [0.15, 0.2) is 0 Å². The van der Waals surface area contributed by atoms with Crippen LogP contribution in [0.4, 0.5) is 0 Å². The van der Waals surface area contributed by atoms with Crippen LogP contribution in [0.15, 0.2) is 16.9 Å². The molecule has 0 spiro atoms. The van der Waals surface area contributed by atoms with E-state index in [-0.39, 0.29) is 17.2 Å². The Morgan fingerprint density at radius 1 is 1.50 bits per heavy atom. The van der Waals surface area contributed by atoms with Gasteiger partial charge in [0, 0.05) is 12.6 Å². The van der Waals surface area contributed by atoms with Crippen molar-refractivity contribution in [3.8, 4) is 0 Å². The summed E-state index contributed by atoms with van der Waals surface area (Å²) >= 11 is 0. The highest BCUT2D eigenvalue weighted by atomic mass is 16.3. The van der Waals surface area contributed by atoms with Gasteiger partial charge >= 0.3 is 0 Å². The molecule has 1 aromatic rings. The summed E-state index contributed by atoms with van der Waals surface area (Å²) in [5.41, 5.74) is -0.754. The van der Waals surface area contributed by atoms with Gasteiger partial charge in [0.1, 0.15) is 5.69 Å². The van der Waals surface area contributed by atoms with E-state index in [1.807, 2.05) is 6.92 Å². The number of aliphatic hydroxyl groups is 1. The van der Waals surface area contributed by atoms with E-state index in [1.54, 1.807) is 6.92 Å². The summed E-state index contributed by atoms with van der Waals surface area (Å²) in [6.07, 6.45) is 0.781. The number of aromatic nitrogens is 2. The smallest absolute Gasteiger partial charge is 0.274 e. The van der Waals surface area contributed by atoms with Crippen molar-refractivity contribution in [2.45, 2.75) is 32.4 Å². The number of aryl methyl sites for hydroxylation is 1. The third-order valence-electron chi connectivity index (χ3n) is 2.87. The molecule has 1 aromatic heterocycles. The first kappa shape index (κ1) is 12.8. The van der Waals surface area contributed by atoms with Crippen LogP contribution in [-0.2, 0) is 6.54 Å². The van der Waals surface area contributed by atoms with Crippen molar-refractivity contribution in [2.24, 2.45) is 0 Å². The molecule has 6 heteroatoms. The van der Waals surface area contributed by atoms with Gasteiger partial charge in [-0.15, -0.1) is 0 Å². The Kier molecular flexibility index (Phi) is 3.21. The normalized spacial score (nSPS) is 17.4. The highest BCUT2D eigenvalue weighted by molar-refractivity contribution is 5.92. The standard InChI is InChI=1S/C12H17N3O3/c1-3-6-15-10(16)5-4-9(13-15)11(17)14-7-12(2,18)8-14/h4-5,18H,3,6-8H2,1-2H3. The fourth-order valence-corrected chi connectivity index (χ4v) is 2.02. The minimum absolute atomic E-state index is 0.205. The third-order valence-corrected chi connectivity index (χ3v) is 2.87. The van der Waals surface area contributed by atoms with Gasteiger partial charge in [0.05, 0.1) is 18.7 Å². The van der Waals surface area contributed by atoms with Crippen LogP contribution in [0.3, 0.4) is 0 Å². The van der Waals surface area contributed by atoms with Crippen molar-refractivity contribution in [2.75, 3.05) is 13.1 Å². The maximum absolute atomic E-state index is 12.0. The molecule has 2 rings (SSSR count). The lowest BCUT2D eigenvalue weighted by molar-refractivity contribution is -0.0671. The third kappa shape index (κ3) is 2.43. The lowest BCUT2D eigenvalue weighted by Crippen LogP contribution is -2.61. The van der Waals surface area contributed by atoms with Crippen LogP contribution >= 0.6 is 0 Å². The molecule has 1 amide bonds. The van der Waals surface area contributed by atoms with E-state index in [0.717, 1.165) is 6.42 Å². The van der Waals surface area contributed by atoms with Crippen LogP contribution in [0.1, 0.15) is 30.8 Å². The fraction of sp³-hybridized carbons (Fsp3) is 0.583. The average Bonchev–Trinajstić information content (AvgIpc) is 2.28. The first-order chi connectivity index (χ1) is 8.43. The summed E-state index contributed by atoms with van der Waals surface area (Å²) in [6.45, 7) is 4.73. The summed E-state index contributed by atoms with van der Waals surface area (Å²) in [7, 11) is 0. The van der Waals surface area contributed by atoms with E-state index in [1.165, 1.54) is 21.7 Å². The van der Waals surface area contributed by atoms with Gasteiger partial charge in [0.2, 0.25) is 0 Å². The van der Waals surface area contributed by atoms with Gasteiger partial charge in [0.25, 0.3) is 11.5 Å². The number of rotatable bonds is 3. The largest absolute Gasteiger partial charge is 0.386 e. The van der Waals surface area contributed by atoms with Crippen LogP contribution < -0.4 is 5.56 Å². The topological polar surface area (TPSA) is 75.4 Å². The van der Waals surface area contributed by atoms with Gasteiger partial charge in [-0.25, -0.2) is 4.68 Å². The Morgan fingerprint density at radius 3 is 2.72 bits per heavy atom. The monoisotopic (exact) mass is 251 g/mol. The van der Waals surface area contributed by atoms with Crippen LogP contribution in [0.5, 0.6) is 0 Å². The Labute approximate surface area is 105 Å². The molecule has 1 saturated heterocycles. The number of nitrogens with zero attached hydrogens (tertiary/aromatic N) is 3. The number of carbonyl (C=O) groups excluding carboxylic acids is 1. The summed E-state index contributed by atoms with van der Waals surface area (Å²) in [5, 5.41) is 13.6. The SMILES string of the molecule is CCCn1nc(C(=O)N2CC(C)(O)C2)ccc1=O. The highest BCUT2D eigenvalue weighted by Crippen LogP contribution is 2.21. The summed E-state index contributed by atoms with van der Waals surface area (Å²) < 4.78 is 1.30. The van der Waals surface area contributed by atoms with Crippen molar-refractivity contribution in [3.05, 3.63) is 28.2 Å². The lowest BCUT2D eigenvalue weighted by atomic mass is 9.96. The van der Waals surface area contributed by atoms with Crippen molar-refractivity contribution >= 4 is 5.91 Å². The second kappa shape index (κ2) is 4.53. The zero-order chi connectivity index (χ0) is 13.3. The zero-order valence-electron chi connectivity index (χ0n) is 10.6. The molecule has 0 saturated carbocycles. The maximum Gasteiger partial charge on any atom is 0.274 e. The highest BCUT2D eigenvalue weighted by Gasteiger charge is 2.40. The number of amides is 1. The molecule has 0 aliphatic carbocycles. The first-order valence-electron chi connectivity index (χ1n) is 6.03. The van der Waals surface area contributed by atoms with Crippen LogP contribution in [0, 0.1) is 0 Å². The summed E-state index contributed by atoms with van der Waals surface area (Å²) in [6, 6.07) is 2.79. The van der Waals surface area contributed by atoms with Crippen LogP contribution in [0.2, 0.25) is 0 Å². The van der Waals surface area contributed by atoms with E-state index in [0.29, 0.717) is 19.6 Å². The average molecular weight is 251 g/mol. The van der Waals surface area contributed by atoms with Gasteiger partial charge < -0.3 is 10.0 Å². The fourth-order valence-electron chi connectivity index (χ4n) is 2.02. The van der Waals surface area contributed by atoms with Crippen molar-refractivity contribution < 1.29 is 9.90 Å². The molecule has 6 nitrogen and oxygen atoms in total. The van der Waals surface area contributed by atoms with Crippen molar-refractivity contribution in [1.29, 1.82) is 0 Å². The minimum Gasteiger partial charge on any atom is -0.386 e. The number of hydrogen-bond acceptors (Lipinski definition) is 4. The Bertz CT molecular complexity index is 514. The second-order valence-corrected chi connectivity index (χ2v) is 4.94.